The van der Waals surface area contributed by atoms with Crippen LogP contribution in [0.15, 0.2) is 6.07 Å². The van der Waals surface area contributed by atoms with Gasteiger partial charge >= 0.3 is 0 Å². The Kier molecular flexibility index (Phi) is 2.65. The lowest BCUT2D eigenvalue weighted by molar-refractivity contribution is 0.657. The summed E-state index contributed by atoms with van der Waals surface area (Å²) in [6.45, 7) is 4.02. The minimum atomic E-state index is 0.270. The van der Waals surface area contributed by atoms with Gasteiger partial charge in [-0.15, -0.1) is 0 Å². The second-order valence-electron chi connectivity index (χ2n) is 3.06. The van der Waals surface area contributed by atoms with Crippen LogP contribution in [-0.2, 0) is 6.42 Å². The molecule has 0 bridgehead atoms. The molecule has 3 nitrogen and oxygen atoms in total. The van der Waals surface area contributed by atoms with Crippen molar-refractivity contribution in [3.8, 4) is 0 Å². The SMILES string of the molecule is Cc1cc(CC[C@H](C)N)n[nH]1. The summed E-state index contributed by atoms with van der Waals surface area (Å²) in [7, 11) is 0. The third-order valence-electron chi connectivity index (χ3n) is 1.61. The molecule has 0 saturated heterocycles. The number of aromatic amines is 1. The van der Waals surface area contributed by atoms with Crippen molar-refractivity contribution >= 4 is 0 Å². The van der Waals surface area contributed by atoms with Gasteiger partial charge in [-0.25, -0.2) is 0 Å². The van der Waals surface area contributed by atoms with E-state index in [-0.39, 0.29) is 6.04 Å². The highest BCUT2D eigenvalue weighted by Crippen LogP contribution is 2.02. The molecule has 0 amide bonds. The third kappa shape index (κ3) is 2.72. The molecule has 0 saturated carbocycles. The van der Waals surface area contributed by atoms with Crippen LogP contribution < -0.4 is 5.73 Å². The highest BCUT2D eigenvalue weighted by Gasteiger charge is 1.99. The quantitative estimate of drug-likeness (QED) is 0.680. The van der Waals surface area contributed by atoms with Crippen LogP contribution >= 0.6 is 0 Å². The molecule has 3 heteroatoms. The zero-order valence-corrected chi connectivity index (χ0v) is 7.09. The highest BCUT2D eigenvalue weighted by atomic mass is 15.1. The van der Waals surface area contributed by atoms with E-state index in [0.717, 1.165) is 24.2 Å². The first kappa shape index (κ1) is 8.27. The Hall–Kier alpha value is -0.830. The summed E-state index contributed by atoms with van der Waals surface area (Å²) in [5.41, 5.74) is 7.84. The van der Waals surface area contributed by atoms with Crippen LogP contribution in [0.2, 0.25) is 0 Å². The standard InChI is InChI=1S/C8H15N3/c1-6(9)3-4-8-5-7(2)10-11-8/h5-6H,3-4,9H2,1-2H3,(H,10,11)/t6-/m0/s1. The molecular formula is C8H15N3. The summed E-state index contributed by atoms with van der Waals surface area (Å²) in [6, 6.07) is 2.33. The predicted molar refractivity (Wildman–Crippen MR) is 45.3 cm³/mol. The van der Waals surface area contributed by atoms with Gasteiger partial charge in [0.05, 0.1) is 5.69 Å². The van der Waals surface area contributed by atoms with Gasteiger partial charge in [-0.05, 0) is 32.8 Å². The van der Waals surface area contributed by atoms with Crippen molar-refractivity contribution in [1.82, 2.24) is 10.2 Å². The number of hydrogen-bond donors (Lipinski definition) is 2. The minimum Gasteiger partial charge on any atom is -0.328 e. The lowest BCUT2D eigenvalue weighted by atomic mass is 10.1. The molecule has 0 aliphatic heterocycles. The fourth-order valence-corrected chi connectivity index (χ4v) is 0.978. The van der Waals surface area contributed by atoms with Gasteiger partial charge in [-0.3, -0.25) is 5.10 Å². The van der Waals surface area contributed by atoms with Crippen molar-refractivity contribution in [3.63, 3.8) is 0 Å². The number of hydrogen-bond acceptors (Lipinski definition) is 2. The molecule has 11 heavy (non-hydrogen) atoms. The molecule has 0 aliphatic rings. The number of nitrogens with zero attached hydrogens (tertiary/aromatic N) is 1. The average Bonchev–Trinajstić information content (AvgIpc) is 2.31. The topological polar surface area (TPSA) is 54.7 Å². The van der Waals surface area contributed by atoms with Gasteiger partial charge in [0.15, 0.2) is 0 Å². The van der Waals surface area contributed by atoms with Gasteiger partial charge in [0, 0.05) is 11.7 Å². The van der Waals surface area contributed by atoms with Gasteiger partial charge < -0.3 is 5.73 Å². The van der Waals surface area contributed by atoms with Crippen molar-refractivity contribution in [2.75, 3.05) is 0 Å². The van der Waals surface area contributed by atoms with Crippen molar-refractivity contribution in [3.05, 3.63) is 17.5 Å². The molecule has 1 rings (SSSR count). The smallest absolute Gasteiger partial charge is 0.0625 e. The second kappa shape index (κ2) is 3.53. The van der Waals surface area contributed by atoms with E-state index in [1.165, 1.54) is 0 Å². The van der Waals surface area contributed by atoms with Crippen LogP contribution in [0.3, 0.4) is 0 Å². The maximum absolute atomic E-state index is 5.61. The van der Waals surface area contributed by atoms with Crippen LogP contribution in [0.4, 0.5) is 0 Å². The van der Waals surface area contributed by atoms with Gasteiger partial charge in [0.2, 0.25) is 0 Å². The lowest BCUT2D eigenvalue weighted by Crippen LogP contribution is -2.15. The maximum atomic E-state index is 5.61. The normalized spacial score (nSPS) is 13.4. The van der Waals surface area contributed by atoms with Crippen molar-refractivity contribution in [2.24, 2.45) is 5.73 Å². The molecule has 0 fully saturated rings. The molecule has 0 aromatic carbocycles. The monoisotopic (exact) mass is 153 g/mol. The van der Waals surface area contributed by atoms with Gasteiger partial charge in [-0.2, -0.15) is 5.10 Å². The van der Waals surface area contributed by atoms with E-state index < -0.39 is 0 Å². The van der Waals surface area contributed by atoms with Crippen molar-refractivity contribution in [1.29, 1.82) is 0 Å². The van der Waals surface area contributed by atoms with Gasteiger partial charge in [0.25, 0.3) is 0 Å². The molecule has 1 atom stereocenters. The van der Waals surface area contributed by atoms with Crippen LogP contribution in [0.25, 0.3) is 0 Å². The Morgan fingerprint density at radius 3 is 2.91 bits per heavy atom. The average molecular weight is 153 g/mol. The Morgan fingerprint density at radius 2 is 2.45 bits per heavy atom. The van der Waals surface area contributed by atoms with Crippen molar-refractivity contribution < 1.29 is 0 Å². The van der Waals surface area contributed by atoms with Gasteiger partial charge in [-0.1, -0.05) is 0 Å². The predicted octanol–water partition coefficient (Wildman–Crippen LogP) is 0.998. The molecule has 1 aromatic rings. The zero-order valence-electron chi connectivity index (χ0n) is 7.09. The Morgan fingerprint density at radius 1 is 1.73 bits per heavy atom. The maximum Gasteiger partial charge on any atom is 0.0625 e. The van der Waals surface area contributed by atoms with Crippen molar-refractivity contribution in [2.45, 2.75) is 32.7 Å². The van der Waals surface area contributed by atoms with Crippen LogP contribution in [0, 0.1) is 6.92 Å². The Labute approximate surface area is 67.0 Å². The second-order valence-corrected chi connectivity index (χ2v) is 3.06. The summed E-state index contributed by atoms with van der Waals surface area (Å²) >= 11 is 0. The first-order valence-electron chi connectivity index (χ1n) is 3.95. The first-order chi connectivity index (χ1) is 5.18. The summed E-state index contributed by atoms with van der Waals surface area (Å²) in [5, 5.41) is 7.01. The zero-order chi connectivity index (χ0) is 8.27. The molecule has 1 heterocycles. The van der Waals surface area contributed by atoms with E-state index in [2.05, 4.69) is 16.3 Å². The highest BCUT2D eigenvalue weighted by molar-refractivity contribution is 5.06. The Balaban J connectivity index is 2.39. The van der Waals surface area contributed by atoms with Gasteiger partial charge in [0.1, 0.15) is 0 Å². The van der Waals surface area contributed by atoms with E-state index in [1.54, 1.807) is 0 Å². The third-order valence-corrected chi connectivity index (χ3v) is 1.61. The number of rotatable bonds is 3. The summed E-state index contributed by atoms with van der Waals surface area (Å²) < 4.78 is 0. The van der Waals surface area contributed by atoms with Crippen LogP contribution in [-0.4, -0.2) is 16.2 Å². The molecule has 1 aromatic heterocycles. The van der Waals surface area contributed by atoms with E-state index in [1.807, 2.05) is 13.8 Å². The summed E-state index contributed by atoms with van der Waals surface area (Å²) in [4.78, 5) is 0. The molecule has 3 N–H and O–H groups in total. The molecular weight excluding hydrogens is 138 g/mol. The Bertz CT molecular complexity index is 215. The molecule has 0 spiro atoms. The first-order valence-corrected chi connectivity index (χ1v) is 3.95. The fraction of sp³-hybridized carbons (Fsp3) is 0.625. The summed E-state index contributed by atoms with van der Waals surface area (Å²) in [5.74, 6) is 0. The number of nitrogens with two attached hydrogens (primary N) is 1. The summed E-state index contributed by atoms with van der Waals surface area (Å²) in [6.07, 6.45) is 1.98. The fourth-order valence-electron chi connectivity index (χ4n) is 0.978. The molecule has 0 aliphatic carbocycles. The van der Waals surface area contributed by atoms with E-state index in [0.29, 0.717) is 0 Å². The molecule has 0 unspecified atom stereocenters. The lowest BCUT2D eigenvalue weighted by Gasteiger charge is -2.00. The number of aryl methyl sites for hydroxylation is 2. The minimum absolute atomic E-state index is 0.270. The van der Waals surface area contributed by atoms with Crippen LogP contribution in [0.1, 0.15) is 24.7 Å². The number of nitrogens with one attached hydrogen (secondary N) is 1. The van der Waals surface area contributed by atoms with E-state index in [4.69, 9.17) is 5.73 Å². The van der Waals surface area contributed by atoms with Crippen LogP contribution in [0.5, 0.6) is 0 Å². The molecule has 62 valence electrons. The van der Waals surface area contributed by atoms with E-state index >= 15 is 0 Å². The van der Waals surface area contributed by atoms with E-state index in [9.17, 15) is 0 Å². The largest absolute Gasteiger partial charge is 0.328 e. The molecule has 0 radical (unpaired) electrons. The number of aromatic nitrogens is 2. The number of H-pyrrole nitrogens is 1.